The van der Waals surface area contributed by atoms with E-state index < -0.39 is 0 Å². The number of rotatable bonds is 7. The lowest BCUT2D eigenvalue weighted by atomic mass is 9.97. The number of anilines is 3. The number of H-pyrrole nitrogens is 1. The van der Waals surface area contributed by atoms with Crippen LogP contribution in [0.1, 0.15) is 37.8 Å². The molecule has 0 unspecified atom stereocenters. The van der Waals surface area contributed by atoms with Gasteiger partial charge in [0.1, 0.15) is 5.82 Å². The molecule has 2 fully saturated rings. The topological polar surface area (TPSA) is 139 Å². The number of aromatic amines is 1. The Balaban J connectivity index is 1.38. The van der Waals surface area contributed by atoms with Gasteiger partial charge in [-0.3, -0.25) is 10.00 Å². The molecule has 170 valence electrons. The molecule has 2 aliphatic rings. The lowest BCUT2D eigenvalue weighted by Gasteiger charge is -2.38. The van der Waals surface area contributed by atoms with Crippen LogP contribution in [0, 0.1) is 18.3 Å². The molecule has 10 heteroatoms. The fourth-order valence-electron chi connectivity index (χ4n) is 4.99. The predicted octanol–water partition coefficient (Wildman–Crippen LogP) is 3.34. The average molecular weight is 446 g/mol. The zero-order valence-electron chi connectivity index (χ0n) is 18.5. The Kier molecular flexibility index (Phi) is 5.79. The quantitative estimate of drug-likeness (QED) is 0.431. The number of piperidine rings is 1. The third kappa shape index (κ3) is 4.73. The van der Waals surface area contributed by atoms with E-state index in [1.54, 1.807) is 18.3 Å². The summed E-state index contributed by atoms with van der Waals surface area (Å²) in [6, 6.07) is 10.6. The van der Waals surface area contributed by atoms with Crippen molar-refractivity contribution in [2.24, 2.45) is 0 Å². The van der Waals surface area contributed by atoms with E-state index in [0.717, 1.165) is 30.6 Å². The van der Waals surface area contributed by atoms with Crippen LogP contribution in [0.4, 0.5) is 17.6 Å². The molecule has 2 bridgehead atoms. The summed E-state index contributed by atoms with van der Waals surface area (Å²) in [5.74, 6) is 1.81. The van der Waals surface area contributed by atoms with Gasteiger partial charge in [0.05, 0.1) is 11.8 Å². The zero-order valence-corrected chi connectivity index (χ0v) is 18.5. The molecule has 3 aromatic heterocycles. The Morgan fingerprint density at radius 1 is 1.18 bits per heavy atom. The Morgan fingerprint density at radius 2 is 2.00 bits per heavy atom. The number of hydrogen-bond acceptors (Lipinski definition) is 9. The van der Waals surface area contributed by atoms with E-state index in [0.29, 0.717) is 41.8 Å². The third-order valence-electron chi connectivity index (χ3n) is 6.43. The van der Waals surface area contributed by atoms with Gasteiger partial charge in [-0.2, -0.15) is 15.3 Å². The Morgan fingerprint density at radius 3 is 2.67 bits per heavy atom. The molecule has 4 N–H and O–H groups in total. The van der Waals surface area contributed by atoms with E-state index in [2.05, 4.69) is 36.8 Å². The summed E-state index contributed by atoms with van der Waals surface area (Å²) in [5, 5.41) is 32.5. The van der Waals surface area contributed by atoms with Gasteiger partial charge in [-0.05, 0) is 38.7 Å². The number of nitrogens with zero attached hydrogens (tertiary/aromatic N) is 6. The zero-order chi connectivity index (χ0) is 22.8. The first-order valence-corrected chi connectivity index (χ1v) is 11.3. The minimum atomic E-state index is -0.0323. The van der Waals surface area contributed by atoms with Gasteiger partial charge >= 0.3 is 0 Å². The maximum absolute atomic E-state index is 9.56. The number of aryl methyl sites for hydroxylation is 1. The van der Waals surface area contributed by atoms with Gasteiger partial charge in [0.2, 0.25) is 11.8 Å². The second-order valence-corrected chi connectivity index (χ2v) is 8.77. The summed E-state index contributed by atoms with van der Waals surface area (Å²) in [6.07, 6.45) is 6.56. The average Bonchev–Trinajstić information content (AvgIpc) is 3.31. The van der Waals surface area contributed by atoms with Gasteiger partial charge in [0.25, 0.3) is 0 Å². The van der Waals surface area contributed by atoms with E-state index in [-0.39, 0.29) is 11.9 Å². The van der Waals surface area contributed by atoms with E-state index in [1.807, 2.05) is 19.1 Å². The van der Waals surface area contributed by atoms with Crippen molar-refractivity contribution in [2.75, 3.05) is 17.2 Å². The molecular formula is C23H27N9O. The largest absolute Gasteiger partial charge is 0.493 e. The summed E-state index contributed by atoms with van der Waals surface area (Å²) in [4.78, 5) is 15.9. The van der Waals surface area contributed by atoms with E-state index in [9.17, 15) is 5.11 Å². The highest BCUT2D eigenvalue weighted by Gasteiger charge is 2.40. The van der Waals surface area contributed by atoms with Crippen molar-refractivity contribution in [2.45, 2.75) is 57.2 Å². The fraction of sp³-hybridized carbons (Fsp3) is 0.435. The second kappa shape index (κ2) is 9.03. The summed E-state index contributed by atoms with van der Waals surface area (Å²) >= 11 is 0. The summed E-state index contributed by atoms with van der Waals surface area (Å²) < 4.78 is 0. The van der Waals surface area contributed by atoms with Crippen molar-refractivity contribution >= 4 is 17.6 Å². The van der Waals surface area contributed by atoms with Crippen LogP contribution in [0.25, 0.3) is 11.3 Å². The standard InChI is InChI=1S/C23H27N9O/c1-14-9-21(31-30-14)28-20-12-19(15-3-6-22(33)25-13-15)27-23(29-20)26-16-10-17-4-5-18(11-16)32(17)8-2-7-24/h3,6,9,12-13,16-18H,2,4-5,8,10-11H2,1H3,(H,25,33)(H3,26,27,28,29,30,31)/t16-,17-,18+. The maximum atomic E-state index is 9.56. The summed E-state index contributed by atoms with van der Waals surface area (Å²) in [6.45, 7) is 2.80. The lowest BCUT2D eigenvalue weighted by molar-refractivity contribution is 0.135. The molecule has 0 spiro atoms. The first kappa shape index (κ1) is 21.2. The number of nitrogens with one attached hydrogen (secondary N) is 3. The first-order chi connectivity index (χ1) is 16.1. The Labute approximate surface area is 192 Å². The highest BCUT2D eigenvalue weighted by Crippen LogP contribution is 2.37. The number of hydrogen-bond donors (Lipinski definition) is 4. The van der Waals surface area contributed by atoms with Gasteiger partial charge in [-0.1, -0.05) is 0 Å². The van der Waals surface area contributed by atoms with Crippen LogP contribution in [-0.4, -0.2) is 59.8 Å². The van der Waals surface area contributed by atoms with Gasteiger partial charge in [-0.15, -0.1) is 0 Å². The summed E-state index contributed by atoms with van der Waals surface area (Å²) in [7, 11) is 0. The first-order valence-electron chi connectivity index (χ1n) is 11.3. The second-order valence-electron chi connectivity index (χ2n) is 8.77. The highest BCUT2D eigenvalue weighted by atomic mass is 16.3. The van der Waals surface area contributed by atoms with Gasteiger partial charge < -0.3 is 15.7 Å². The molecule has 3 aromatic rings. The van der Waals surface area contributed by atoms with E-state index in [4.69, 9.17) is 15.2 Å². The molecule has 2 aliphatic heterocycles. The molecule has 33 heavy (non-hydrogen) atoms. The number of nitriles is 1. The van der Waals surface area contributed by atoms with Crippen molar-refractivity contribution in [1.82, 2.24) is 30.0 Å². The number of fused-ring (bicyclic) bond motifs is 2. The van der Waals surface area contributed by atoms with Crippen LogP contribution in [-0.2, 0) is 0 Å². The van der Waals surface area contributed by atoms with Crippen molar-refractivity contribution < 1.29 is 5.11 Å². The molecule has 2 saturated heterocycles. The van der Waals surface area contributed by atoms with Crippen molar-refractivity contribution in [3.63, 3.8) is 0 Å². The van der Waals surface area contributed by atoms with Crippen molar-refractivity contribution in [1.29, 1.82) is 5.26 Å². The molecule has 3 atom stereocenters. The molecule has 0 amide bonds. The molecular weight excluding hydrogens is 418 g/mol. The maximum Gasteiger partial charge on any atom is 0.225 e. The van der Waals surface area contributed by atoms with Crippen LogP contribution in [0.5, 0.6) is 5.88 Å². The SMILES string of the molecule is Cc1cc(Nc2cc(-c3ccc(O)nc3)nc(N[C@@H]3C[C@H]4CC[C@@H](C3)N4CCC#N)n2)n[nH]1. The van der Waals surface area contributed by atoms with Gasteiger partial charge in [0, 0.05) is 66.7 Å². The molecule has 0 saturated carbocycles. The normalized spacial score (nSPS) is 22.1. The van der Waals surface area contributed by atoms with Gasteiger partial charge in [0.15, 0.2) is 5.82 Å². The minimum absolute atomic E-state index is 0.0323. The Hall–Kier alpha value is -3.71. The van der Waals surface area contributed by atoms with Crippen LogP contribution in [0.2, 0.25) is 0 Å². The molecule has 0 aliphatic carbocycles. The number of aromatic hydroxyl groups is 1. The van der Waals surface area contributed by atoms with Crippen LogP contribution in [0.3, 0.4) is 0 Å². The fourth-order valence-corrected chi connectivity index (χ4v) is 4.99. The smallest absolute Gasteiger partial charge is 0.225 e. The molecule has 5 rings (SSSR count). The summed E-state index contributed by atoms with van der Waals surface area (Å²) in [5.41, 5.74) is 2.43. The number of pyridine rings is 1. The monoisotopic (exact) mass is 445 g/mol. The van der Waals surface area contributed by atoms with Crippen LogP contribution in [0.15, 0.2) is 30.5 Å². The molecule has 0 aromatic carbocycles. The number of aromatic nitrogens is 5. The molecule has 0 radical (unpaired) electrons. The predicted molar refractivity (Wildman–Crippen MR) is 124 cm³/mol. The van der Waals surface area contributed by atoms with E-state index in [1.165, 1.54) is 12.8 Å². The molecule has 5 heterocycles. The van der Waals surface area contributed by atoms with Crippen molar-refractivity contribution in [3.8, 4) is 23.2 Å². The Bertz CT molecular complexity index is 1140. The van der Waals surface area contributed by atoms with E-state index >= 15 is 0 Å². The third-order valence-corrected chi connectivity index (χ3v) is 6.43. The lowest BCUT2D eigenvalue weighted by Crippen LogP contribution is -2.47. The van der Waals surface area contributed by atoms with Crippen molar-refractivity contribution in [3.05, 3.63) is 36.2 Å². The van der Waals surface area contributed by atoms with Crippen LogP contribution < -0.4 is 10.6 Å². The van der Waals surface area contributed by atoms with Crippen LogP contribution >= 0.6 is 0 Å². The highest BCUT2D eigenvalue weighted by molar-refractivity contribution is 5.66. The minimum Gasteiger partial charge on any atom is -0.493 e. The van der Waals surface area contributed by atoms with Gasteiger partial charge in [-0.25, -0.2) is 9.97 Å². The molecule has 10 nitrogen and oxygen atoms in total.